The van der Waals surface area contributed by atoms with Gasteiger partial charge in [-0.2, -0.15) is 4.98 Å². The summed E-state index contributed by atoms with van der Waals surface area (Å²) in [5.41, 5.74) is 0. The van der Waals surface area contributed by atoms with Gasteiger partial charge < -0.3 is 14.8 Å². The third kappa shape index (κ3) is 4.87. The SMILES string of the molecule is CCCC(COC)Nc1cc(OCC)nc(C)n1. The van der Waals surface area contributed by atoms with Crippen molar-refractivity contribution in [1.82, 2.24) is 9.97 Å². The van der Waals surface area contributed by atoms with Gasteiger partial charge in [0.2, 0.25) is 5.88 Å². The van der Waals surface area contributed by atoms with Gasteiger partial charge in [0.1, 0.15) is 11.6 Å². The molecular formula is C13H23N3O2. The summed E-state index contributed by atoms with van der Waals surface area (Å²) in [6.07, 6.45) is 2.14. The molecule has 1 heterocycles. The van der Waals surface area contributed by atoms with Crippen molar-refractivity contribution in [2.45, 2.75) is 39.7 Å². The van der Waals surface area contributed by atoms with Crippen LogP contribution in [-0.2, 0) is 4.74 Å². The monoisotopic (exact) mass is 253 g/mol. The Kier molecular flexibility index (Phi) is 6.43. The summed E-state index contributed by atoms with van der Waals surface area (Å²) < 4.78 is 10.6. The molecule has 102 valence electrons. The smallest absolute Gasteiger partial charge is 0.218 e. The summed E-state index contributed by atoms with van der Waals surface area (Å²) >= 11 is 0. The number of methoxy groups -OCH3 is 1. The highest BCUT2D eigenvalue weighted by Gasteiger charge is 2.09. The van der Waals surface area contributed by atoms with E-state index in [2.05, 4.69) is 22.2 Å². The van der Waals surface area contributed by atoms with Gasteiger partial charge in [0.25, 0.3) is 0 Å². The Morgan fingerprint density at radius 1 is 1.33 bits per heavy atom. The molecule has 0 aliphatic carbocycles. The third-order valence-corrected chi connectivity index (χ3v) is 2.46. The molecule has 1 unspecified atom stereocenters. The van der Waals surface area contributed by atoms with Crippen molar-refractivity contribution in [3.05, 3.63) is 11.9 Å². The summed E-state index contributed by atoms with van der Waals surface area (Å²) in [4.78, 5) is 8.58. The number of hydrogen-bond donors (Lipinski definition) is 1. The molecule has 1 aromatic rings. The Morgan fingerprint density at radius 2 is 2.11 bits per heavy atom. The maximum Gasteiger partial charge on any atom is 0.218 e. The first-order valence-electron chi connectivity index (χ1n) is 6.43. The minimum absolute atomic E-state index is 0.267. The van der Waals surface area contributed by atoms with Crippen LogP contribution in [0.15, 0.2) is 6.07 Å². The molecule has 0 spiro atoms. The average molecular weight is 253 g/mol. The third-order valence-electron chi connectivity index (χ3n) is 2.46. The molecule has 0 aromatic carbocycles. The average Bonchev–Trinajstić information content (AvgIpc) is 2.29. The van der Waals surface area contributed by atoms with E-state index < -0.39 is 0 Å². The van der Waals surface area contributed by atoms with Crippen LogP contribution in [-0.4, -0.2) is 36.3 Å². The van der Waals surface area contributed by atoms with E-state index in [9.17, 15) is 0 Å². The van der Waals surface area contributed by atoms with Crippen LogP contribution in [0.2, 0.25) is 0 Å². The van der Waals surface area contributed by atoms with Crippen LogP contribution in [0, 0.1) is 6.92 Å². The van der Waals surface area contributed by atoms with Gasteiger partial charge in [0.05, 0.1) is 19.3 Å². The second-order valence-electron chi connectivity index (χ2n) is 4.16. The number of anilines is 1. The Labute approximate surface area is 109 Å². The Morgan fingerprint density at radius 3 is 2.72 bits per heavy atom. The van der Waals surface area contributed by atoms with E-state index in [1.807, 2.05) is 19.9 Å². The molecule has 0 aliphatic heterocycles. The number of hydrogen-bond acceptors (Lipinski definition) is 5. The highest BCUT2D eigenvalue weighted by molar-refractivity contribution is 5.39. The highest BCUT2D eigenvalue weighted by Crippen LogP contribution is 2.15. The first-order valence-corrected chi connectivity index (χ1v) is 6.43. The fourth-order valence-electron chi connectivity index (χ4n) is 1.79. The first kappa shape index (κ1) is 14.7. The molecule has 0 saturated carbocycles. The van der Waals surface area contributed by atoms with Gasteiger partial charge in [0, 0.05) is 13.2 Å². The summed E-state index contributed by atoms with van der Waals surface area (Å²) in [5, 5.41) is 3.36. The predicted molar refractivity (Wildman–Crippen MR) is 72.1 cm³/mol. The van der Waals surface area contributed by atoms with E-state index in [0.717, 1.165) is 18.7 Å². The molecule has 1 atom stereocenters. The van der Waals surface area contributed by atoms with Crippen molar-refractivity contribution in [3.8, 4) is 5.88 Å². The maximum atomic E-state index is 5.41. The van der Waals surface area contributed by atoms with E-state index in [1.54, 1.807) is 7.11 Å². The quantitative estimate of drug-likeness (QED) is 0.771. The number of aryl methyl sites for hydroxylation is 1. The molecule has 0 saturated heterocycles. The van der Waals surface area contributed by atoms with E-state index in [0.29, 0.717) is 24.9 Å². The van der Waals surface area contributed by atoms with Gasteiger partial charge in [0.15, 0.2) is 0 Å². The van der Waals surface area contributed by atoms with Crippen molar-refractivity contribution < 1.29 is 9.47 Å². The number of ether oxygens (including phenoxy) is 2. The van der Waals surface area contributed by atoms with E-state index in [-0.39, 0.29) is 6.04 Å². The second-order valence-corrected chi connectivity index (χ2v) is 4.16. The van der Waals surface area contributed by atoms with Gasteiger partial charge in [-0.1, -0.05) is 13.3 Å². The first-order chi connectivity index (χ1) is 8.69. The lowest BCUT2D eigenvalue weighted by Crippen LogP contribution is -2.25. The molecule has 0 bridgehead atoms. The predicted octanol–water partition coefficient (Wildman–Crippen LogP) is 2.41. The molecule has 5 heteroatoms. The standard InChI is InChI=1S/C13H23N3O2/c1-5-7-11(9-17-4)16-12-8-13(18-6-2)15-10(3)14-12/h8,11H,5-7,9H2,1-4H3,(H,14,15,16). The van der Waals surface area contributed by atoms with Crippen molar-refractivity contribution in [2.75, 3.05) is 25.6 Å². The summed E-state index contributed by atoms with van der Waals surface area (Å²) in [6.45, 7) is 7.22. The highest BCUT2D eigenvalue weighted by atomic mass is 16.5. The van der Waals surface area contributed by atoms with E-state index in [4.69, 9.17) is 9.47 Å². The number of aromatic nitrogens is 2. The van der Waals surface area contributed by atoms with E-state index in [1.165, 1.54) is 0 Å². The summed E-state index contributed by atoms with van der Waals surface area (Å²) in [7, 11) is 1.71. The van der Waals surface area contributed by atoms with Crippen molar-refractivity contribution in [1.29, 1.82) is 0 Å². The van der Waals surface area contributed by atoms with Crippen LogP contribution in [0.25, 0.3) is 0 Å². The molecule has 0 amide bonds. The van der Waals surface area contributed by atoms with Gasteiger partial charge in [-0.3, -0.25) is 0 Å². The molecule has 18 heavy (non-hydrogen) atoms. The largest absolute Gasteiger partial charge is 0.478 e. The van der Waals surface area contributed by atoms with Crippen LogP contribution >= 0.6 is 0 Å². The van der Waals surface area contributed by atoms with Crippen LogP contribution < -0.4 is 10.1 Å². The molecule has 0 aliphatic rings. The molecule has 0 fully saturated rings. The zero-order valence-corrected chi connectivity index (χ0v) is 11.7. The second kappa shape index (κ2) is 7.87. The lowest BCUT2D eigenvalue weighted by Gasteiger charge is -2.18. The molecule has 1 N–H and O–H groups in total. The summed E-state index contributed by atoms with van der Waals surface area (Å²) in [5.74, 6) is 2.11. The zero-order valence-electron chi connectivity index (χ0n) is 11.7. The fraction of sp³-hybridized carbons (Fsp3) is 0.692. The lowest BCUT2D eigenvalue weighted by atomic mass is 10.2. The fourth-order valence-corrected chi connectivity index (χ4v) is 1.79. The Bertz CT molecular complexity index is 352. The number of rotatable bonds is 8. The Hall–Kier alpha value is -1.36. The Balaban J connectivity index is 2.74. The molecule has 1 aromatic heterocycles. The van der Waals surface area contributed by atoms with Crippen LogP contribution in [0.1, 0.15) is 32.5 Å². The van der Waals surface area contributed by atoms with Crippen molar-refractivity contribution >= 4 is 5.82 Å². The lowest BCUT2D eigenvalue weighted by molar-refractivity contribution is 0.182. The number of nitrogens with zero attached hydrogens (tertiary/aromatic N) is 2. The molecule has 5 nitrogen and oxygen atoms in total. The number of nitrogens with one attached hydrogen (secondary N) is 1. The van der Waals surface area contributed by atoms with Crippen LogP contribution in [0.4, 0.5) is 5.82 Å². The molecule has 0 radical (unpaired) electrons. The van der Waals surface area contributed by atoms with Gasteiger partial charge in [-0.25, -0.2) is 4.98 Å². The van der Waals surface area contributed by atoms with Gasteiger partial charge in [-0.15, -0.1) is 0 Å². The van der Waals surface area contributed by atoms with Crippen molar-refractivity contribution in [3.63, 3.8) is 0 Å². The van der Waals surface area contributed by atoms with Crippen LogP contribution in [0.5, 0.6) is 5.88 Å². The minimum Gasteiger partial charge on any atom is -0.478 e. The van der Waals surface area contributed by atoms with Gasteiger partial charge >= 0.3 is 0 Å². The van der Waals surface area contributed by atoms with Crippen LogP contribution in [0.3, 0.4) is 0 Å². The van der Waals surface area contributed by atoms with E-state index >= 15 is 0 Å². The topological polar surface area (TPSA) is 56.3 Å². The molecular weight excluding hydrogens is 230 g/mol. The maximum absolute atomic E-state index is 5.41. The van der Waals surface area contributed by atoms with Crippen molar-refractivity contribution in [2.24, 2.45) is 0 Å². The minimum atomic E-state index is 0.267. The molecule has 1 rings (SSSR count). The normalized spacial score (nSPS) is 12.2. The zero-order chi connectivity index (χ0) is 13.4. The summed E-state index contributed by atoms with van der Waals surface area (Å²) in [6, 6.07) is 2.10. The van der Waals surface area contributed by atoms with Gasteiger partial charge in [-0.05, 0) is 20.3 Å².